The molecule has 102 valence electrons. The summed E-state index contributed by atoms with van der Waals surface area (Å²) in [6.45, 7) is 9.82. The number of hydrogen-bond donors (Lipinski definition) is 1. The number of piperidine rings is 1. The molecule has 1 aliphatic heterocycles. The Morgan fingerprint density at radius 3 is 2.78 bits per heavy atom. The van der Waals surface area contributed by atoms with E-state index in [0.29, 0.717) is 6.04 Å². The van der Waals surface area contributed by atoms with Crippen LogP contribution in [0, 0.1) is 0 Å². The smallest absolute Gasteiger partial charge is 0.0722 e. The molecule has 2 N–H and O–H groups in total. The summed E-state index contributed by atoms with van der Waals surface area (Å²) in [4.78, 5) is 2.46. The van der Waals surface area contributed by atoms with Gasteiger partial charge in [0.15, 0.2) is 0 Å². The van der Waals surface area contributed by atoms with E-state index in [1.807, 2.05) is 11.7 Å². The molecule has 2 heterocycles. The number of rotatable bonds is 2. The number of likely N-dealkylation sites (tertiary alicyclic amines) is 1. The van der Waals surface area contributed by atoms with E-state index >= 15 is 0 Å². The van der Waals surface area contributed by atoms with Gasteiger partial charge in [-0.2, -0.15) is 5.10 Å². The number of nitrogens with two attached hydrogens (primary N) is 1. The Morgan fingerprint density at radius 1 is 1.44 bits per heavy atom. The number of aromatic nitrogens is 2. The van der Waals surface area contributed by atoms with Crippen molar-refractivity contribution in [3.63, 3.8) is 0 Å². The van der Waals surface area contributed by atoms with Gasteiger partial charge in [-0.1, -0.05) is 20.8 Å². The molecule has 1 aromatic rings. The van der Waals surface area contributed by atoms with Crippen LogP contribution in [0.1, 0.15) is 44.9 Å². The first kappa shape index (κ1) is 13.6. The predicted molar refractivity (Wildman–Crippen MR) is 74.4 cm³/mol. The molecule has 0 amide bonds. The average Bonchev–Trinajstić information content (AvgIpc) is 2.59. The molecule has 18 heavy (non-hydrogen) atoms. The summed E-state index contributed by atoms with van der Waals surface area (Å²) in [5.74, 6) is 0. The predicted octanol–water partition coefficient (Wildman–Crippen LogP) is 1.64. The second-order valence-corrected chi connectivity index (χ2v) is 6.56. The summed E-state index contributed by atoms with van der Waals surface area (Å²) in [7, 11) is 2.00. The SMILES string of the molecule is Cn1cc(CN2CCCC(N)C2)c(C(C)(C)C)n1. The van der Waals surface area contributed by atoms with Gasteiger partial charge in [-0.05, 0) is 19.4 Å². The average molecular weight is 250 g/mol. The van der Waals surface area contributed by atoms with Crippen LogP contribution in [0.5, 0.6) is 0 Å². The van der Waals surface area contributed by atoms with E-state index < -0.39 is 0 Å². The number of hydrogen-bond acceptors (Lipinski definition) is 3. The summed E-state index contributed by atoms with van der Waals surface area (Å²) in [5, 5.41) is 4.63. The highest BCUT2D eigenvalue weighted by atomic mass is 15.3. The monoisotopic (exact) mass is 250 g/mol. The third kappa shape index (κ3) is 3.12. The fourth-order valence-corrected chi connectivity index (χ4v) is 2.76. The molecule has 1 saturated heterocycles. The van der Waals surface area contributed by atoms with Gasteiger partial charge in [0.2, 0.25) is 0 Å². The zero-order valence-corrected chi connectivity index (χ0v) is 12.1. The molecular weight excluding hydrogens is 224 g/mol. The second-order valence-electron chi connectivity index (χ2n) is 6.56. The number of aryl methyl sites for hydroxylation is 1. The normalized spacial score (nSPS) is 22.4. The van der Waals surface area contributed by atoms with E-state index in [0.717, 1.165) is 26.1 Å². The standard InChI is InChI=1S/C14H26N4/c1-14(2,3)13-11(8-17(4)16-13)9-18-7-5-6-12(15)10-18/h8,12H,5-7,9-10,15H2,1-4H3. The Morgan fingerprint density at radius 2 is 2.17 bits per heavy atom. The van der Waals surface area contributed by atoms with E-state index in [1.54, 1.807) is 0 Å². The summed E-state index contributed by atoms with van der Waals surface area (Å²) >= 11 is 0. The molecule has 4 nitrogen and oxygen atoms in total. The molecule has 0 spiro atoms. The van der Waals surface area contributed by atoms with Crippen LogP contribution < -0.4 is 5.73 Å². The number of nitrogens with zero attached hydrogens (tertiary/aromatic N) is 3. The van der Waals surface area contributed by atoms with Crippen LogP contribution in [0.3, 0.4) is 0 Å². The van der Waals surface area contributed by atoms with Crippen molar-refractivity contribution in [1.29, 1.82) is 0 Å². The van der Waals surface area contributed by atoms with Crippen LogP contribution in [-0.4, -0.2) is 33.8 Å². The summed E-state index contributed by atoms with van der Waals surface area (Å²) in [6.07, 6.45) is 4.53. The molecule has 2 rings (SSSR count). The summed E-state index contributed by atoms with van der Waals surface area (Å²) in [5.41, 5.74) is 8.71. The first-order chi connectivity index (χ1) is 8.36. The molecule has 0 saturated carbocycles. The highest BCUT2D eigenvalue weighted by Gasteiger charge is 2.24. The Kier molecular flexibility index (Phi) is 3.78. The van der Waals surface area contributed by atoms with Crippen molar-refractivity contribution in [2.24, 2.45) is 12.8 Å². The lowest BCUT2D eigenvalue weighted by Crippen LogP contribution is -2.42. The van der Waals surface area contributed by atoms with Gasteiger partial charge < -0.3 is 5.73 Å². The molecule has 1 atom stereocenters. The zero-order chi connectivity index (χ0) is 13.3. The van der Waals surface area contributed by atoms with Crippen LogP contribution >= 0.6 is 0 Å². The van der Waals surface area contributed by atoms with Gasteiger partial charge in [-0.3, -0.25) is 9.58 Å². The van der Waals surface area contributed by atoms with Crippen molar-refractivity contribution < 1.29 is 0 Å². The highest BCUT2D eigenvalue weighted by molar-refractivity contribution is 5.24. The van der Waals surface area contributed by atoms with Gasteiger partial charge in [0, 0.05) is 43.4 Å². The molecule has 1 unspecified atom stereocenters. The lowest BCUT2D eigenvalue weighted by Gasteiger charge is -2.31. The molecule has 1 aliphatic rings. The van der Waals surface area contributed by atoms with Crippen molar-refractivity contribution in [3.05, 3.63) is 17.5 Å². The maximum Gasteiger partial charge on any atom is 0.0722 e. The Labute approximate surface area is 110 Å². The van der Waals surface area contributed by atoms with Crippen LogP contribution in [0.15, 0.2) is 6.20 Å². The van der Waals surface area contributed by atoms with Gasteiger partial charge in [0.1, 0.15) is 0 Å². The lowest BCUT2D eigenvalue weighted by molar-refractivity contribution is 0.200. The van der Waals surface area contributed by atoms with Crippen molar-refractivity contribution in [3.8, 4) is 0 Å². The Balaban J connectivity index is 2.13. The van der Waals surface area contributed by atoms with Crippen LogP contribution in [-0.2, 0) is 19.0 Å². The minimum atomic E-state index is 0.106. The molecule has 4 heteroatoms. The maximum atomic E-state index is 6.05. The highest BCUT2D eigenvalue weighted by Crippen LogP contribution is 2.25. The van der Waals surface area contributed by atoms with Gasteiger partial charge in [0.25, 0.3) is 0 Å². The third-order valence-corrected chi connectivity index (χ3v) is 3.55. The van der Waals surface area contributed by atoms with Gasteiger partial charge in [0.05, 0.1) is 5.69 Å². The molecule has 1 aromatic heterocycles. The van der Waals surface area contributed by atoms with E-state index in [1.165, 1.54) is 17.7 Å². The summed E-state index contributed by atoms with van der Waals surface area (Å²) < 4.78 is 1.93. The quantitative estimate of drug-likeness (QED) is 0.868. The molecule has 0 bridgehead atoms. The first-order valence-corrected chi connectivity index (χ1v) is 6.87. The van der Waals surface area contributed by atoms with Crippen molar-refractivity contribution in [1.82, 2.24) is 14.7 Å². The Hall–Kier alpha value is -0.870. The van der Waals surface area contributed by atoms with E-state index in [-0.39, 0.29) is 5.41 Å². The zero-order valence-electron chi connectivity index (χ0n) is 12.1. The fourth-order valence-electron chi connectivity index (χ4n) is 2.76. The topological polar surface area (TPSA) is 47.1 Å². The second kappa shape index (κ2) is 5.02. The van der Waals surface area contributed by atoms with E-state index in [2.05, 4.69) is 37.0 Å². The van der Waals surface area contributed by atoms with Gasteiger partial charge in [-0.25, -0.2) is 0 Å². The van der Waals surface area contributed by atoms with Gasteiger partial charge >= 0.3 is 0 Å². The van der Waals surface area contributed by atoms with Crippen molar-refractivity contribution >= 4 is 0 Å². The lowest BCUT2D eigenvalue weighted by atomic mass is 9.89. The minimum Gasteiger partial charge on any atom is -0.327 e. The van der Waals surface area contributed by atoms with Gasteiger partial charge in [-0.15, -0.1) is 0 Å². The van der Waals surface area contributed by atoms with Crippen LogP contribution in [0.2, 0.25) is 0 Å². The largest absolute Gasteiger partial charge is 0.327 e. The van der Waals surface area contributed by atoms with Crippen molar-refractivity contribution in [2.75, 3.05) is 13.1 Å². The summed E-state index contributed by atoms with van der Waals surface area (Å²) in [6, 6.07) is 0.341. The maximum absolute atomic E-state index is 6.05. The first-order valence-electron chi connectivity index (χ1n) is 6.87. The van der Waals surface area contributed by atoms with E-state index in [9.17, 15) is 0 Å². The molecular formula is C14H26N4. The van der Waals surface area contributed by atoms with Crippen molar-refractivity contribution in [2.45, 2.75) is 51.6 Å². The minimum absolute atomic E-state index is 0.106. The molecule has 0 radical (unpaired) electrons. The molecule has 1 fully saturated rings. The van der Waals surface area contributed by atoms with E-state index in [4.69, 9.17) is 5.73 Å². The third-order valence-electron chi connectivity index (χ3n) is 3.55. The Bertz CT molecular complexity index is 402. The molecule has 0 aliphatic carbocycles. The fraction of sp³-hybridized carbons (Fsp3) is 0.786. The van der Waals surface area contributed by atoms with Crippen LogP contribution in [0.25, 0.3) is 0 Å². The van der Waals surface area contributed by atoms with Crippen LogP contribution in [0.4, 0.5) is 0 Å². The molecule has 0 aromatic carbocycles.